The molecule has 2 heterocycles. The molecule has 0 fully saturated rings. The summed E-state index contributed by atoms with van der Waals surface area (Å²) < 4.78 is 4.65. The number of rotatable bonds is 2. The van der Waals surface area contributed by atoms with E-state index in [1.807, 2.05) is 23.1 Å². The van der Waals surface area contributed by atoms with Crippen molar-refractivity contribution in [3.05, 3.63) is 47.8 Å². The van der Waals surface area contributed by atoms with Crippen LogP contribution in [0.15, 0.2) is 36.5 Å². The summed E-state index contributed by atoms with van der Waals surface area (Å²) in [6, 6.07) is 9.57. The zero-order chi connectivity index (χ0) is 16.4. The second kappa shape index (κ2) is 6.20. The lowest BCUT2D eigenvalue weighted by molar-refractivity contribution is -0.116. The molecule has 23 heavy (non-hydrogen) atoms. The van der Waals surface area contributed by atoms with E-state index in [4.69, 9.17) is 0 Å². The molecule has 0 bridgehead atoms. The van der Waals surface area contributed by atoms with Gasteiger partial charge in [-0.3, -0.25) is 4.79 Å². The molecule has 0 atom stereocenters. The third kappa shape index (κ3) is 2.95. The number of nitrogens with zero attached hydrogens (tertiary/aromatic N) is 2. The van der Waals surface area contributed by atoms with Gasteiger partial charge in [0.1, 0.15) is 5.69 Å². The summed E-state index contributed by atoms with van der Waals surface area (Å²) in [6.07, 6.45) is 3.59. The number of aromatic nitrogens is 1. The molecule has 0 N–H and O–H groups in total. The Balaban J connectivity index is 1.93. The zero-order valence-corrected chi connectivity index (χ0v) is 13.2. The first kappa shape index (κ1) is 15.2. The summed E-state index contributed by atoms with van der Waals surface area (Å²) in [5.74, 6) is -0.373. The van der Waals surface area contributed by atoms with E-state index in [9.17, 15) is 9.59 Å². The van der Waals surface area contributed by atoms with Crippen molar-refractivity contribution < 1.29 is 14.3 Å². The van der Waals surface area contributed by atoms with Crippen LogP contribution in [0.2, 0.25) is 0 Å². The van der Waals surface area contributed by atoms with Gasteiger partial charge in [0.25, 0.3) is 0 Å². The Morgan fingerprint density at radius 1 is 1.17 bits per heavy atom. The average Bonchev–Trinajstić information content (AvgIpc) is 2.60. The van der Waals surface area contributed by atoms with Crippen LogP contribution in [-0.4, -0.2) is 30.5 Å². The molecule has 0 aliphatic carbocycles. The van der Waals surface area contributed by atoms with E-state index < -0.39 is 5.97 Å². The monoisotopic (exact) mass is 310 g/mol. The minimum absolute atomic E-state index is 0.0720. The van der Waals surface area contributed by atoms with Crippen molar-refractivity contribution >= 4 is 17.6 Å². The van der Waals surface area contributed by atoms with Crippen molar-refractivity contribution in [2.45, 2.75) is 19.8 Å². The minimum atomic E-state index is -0.445. The van der Waals surface area contributed by atoms with Gasteiger partial charge in [-0.15, -0.1) is 0 Å². The number of hydrogen-bond donors (Lipinski definition) is 0. The van der Waals surface area contributed by atoms with Gasteiger partial charge in [-0.05, 0) is 42.2 Å². The average molecular weight is 310 g/mol. The number of anilines is 1. The Morgan fingerprint density at radius 2 is 1.96 bits per heavy atom. The number of ether oxygens (including phenoxy) is 1. The summed E-state index contributed by atoms with van der Waals surface area (Å²) in [6.45, 7) is 2.37. The molecule has 1 aromatic carbocycles. The highest BCUT2D eigenvalue weighted by molar-refractivity contribution is 5.93. The fourth-order valence-corrected chi connectivity index (χ4v) is 2.89. The van der Waals surface area contributed by atoms with Gasteiger partial charge < -0.3 is 9.64 Å². The quantitative estimate of drug-likeness (QED) is 0.800. The fourth-order valence-electron chi connectivity index (χ4n) is 2.89. The fraction of sp³-hybridized carbons (Fsp3) is 0.278. The lowest BCUT2D eigenvalue weighted by Crippen LogP contribution is -2.33. The number of amides is 1. The maximum atomic E-state index is 11.7. The van der Waals surface area contributed by atoms with Crippen LogP contribution in [0.1, 0.15) is 29.4 Å². The third-order valence-corrected chi connectivity index (χ3v) is 4.07. The van der Waals surface area contributed by atoms with Gasteiger partial charge in [0.2, 0.25) is 5.91 Å². The molecule has 3 rings (SSSR count). The van der Waals surface area contributed by atoms with E-state index in [1.54, 1.807) is 19.2 Å². The van der Waals surface area contributed by atoms with Crippen LogP contribution in [0.4, 0.5) is 5.69 Å². The summed E-state index contributed by atoms with van der Waals surface area (Å²) in [7, 11) is 1.34. The SMILES string of the molecule is COC(=O)c1ccc(-c2ccc3c(c2)CCCN3C(C)=O)cn1. The van der Waals surface area contributed by atoms with Crippen molar-refractivity contribution in [2.75, 3.05) is 18.6 Å². The third-order valence-electron chi connectivity index (χ3n) is 4.07. The molecular weight excluding hydrogens is 292 g/mol. The predicted octanol–water partition coefficient (Wildman–Crippen LogP) is 2.83. The zero-order valence-electron chi connectivity index (χ0n) is 13.2. The Hall–Kier alpha value is -2.69. The van der Waals surface area contributed by atoms with Crippen molar-refractivity contribution in [3.8, 4) is 11.1 Å². The lowest BCUT2D eigenvalue weighted by atomic mass is 9.96. The molecular formula is C18H18N2O3. The Kier molecular flexibility index (Phi) is 4.10. The summed E-state index contributed by atoms with van der Waals surface area (Å²) in [4.78, 5) is 29.1. The number of carbonyl (C=O) groups excluding carboxylic acids is 2. The highest BCUT2D eigenvalue weighted by Gasteiger charge is 2.20. The lowest BCUT2D eigenvalue weighted by Gasteiger charge is -2.29. The molecule has 5 heteroatoms. The van der Waals surface area contributed by atoms with Crippen LogP contribution in [-0.2, 0) is 16.0 Å². The number of hydrogen-bond acceptors (Lipinski definition) is 4. The normalized spacial score (nSPS) is 13.4. The largest absolute Gasteiger partial charge is 0.464 e. The summed E-state index contributed by atoms with van der Waals surface area (Å²) in [5, 5.41) is 0. The predicted molar refractivity (Wildman–Crippen MR) is 87.4 cm³/mol. The highest BCUT2D eigenvalue weighted by Crippen LogP contribution is 2.31. The van der Waals surface area contributed by atoms with E-state index >= 15 is 0 Å². The molecule has 118 valence electrons. The summed E-state index contributed by atoms with van der Waals surface area (Å²) >= 11 is 0. The van der Waals surface area contributed by atoms with Gasteiger partial charge in [-0.1, -0.05) is 12.1 Å². The van der Waals surface area contributed by atoms with Gasteiger partial charge in [0.15, 0.2) is 0 Å². The molecule has 0 spiro atoms. The van der Waals surface area contributed by atoms with Crippen LogP contribution in [0, 0.1) is 0 Å². The Morgan fingerprint density at radius 3 is 2.61 bits per heavy atom. The van der Waals surface area contributed by atoms with Crippen LogP contribution in [0.5, 0.6) is 0 Å². The van der Waals surface area contributed by atoms with Crippen molar-refractivity contribution in [1.82, 2.24) is 4.98 Å². The number of fused-ring (bicyclic) bond motifs is 1. The first-order chi connectivity index (χ1) is 11.1. The van der Waals surface area contributed by atoms with Crippen molar-refractivity contribution in [1.29, 1.82) is 0 Å². The second-order valence-electron chi connectivity index (χ2n) is 5.54. The van der Waals surface area contributed by atoms with E-state index in [1.165, 1.54) is 12.7 Å². The number of aryl methyl sites for hydroxylation is 1. The smallest absolute Gasteiger partial charge is 0.356 e. The molecule has 1 amide bonds. The number of benzene rings is 1. The first-order valence-corrected chi connectivity index (χ1v) is 7.56. The van der Waals surface area contributed by atoms with Crippen molar-refractivity contribution in [2.24, 2.45) is 0 Å². The second-order valence-corrected chi connectivity index (χ2v) is 5.54. The van der Waals surface area contributed by atoms with E-state index in [0.29, 0.717) is 0 Å². The molecule has 0 radical (unpaired) electrons. The van der Waals surface area contributed by atoms with Gasteiger partial charge >= 0.3 is 5.97 Å². The molecule has 1 aliphatic heterocycles. The van der Waals surface area contributed by atoms with Crippen LogP contribution in [0.3, 0.4) is 0 Å². The molecule has 5 nitrogen and oxygen atoms in total. The molecule has 0 saturated heterocycles. The molecule has 0 unspecified atom stereocenters. The van der Waals surface area contributed by atoms with Crippen LogP contribution >= 0.6 is 0 Å². The van der Waals surface area contributed by atoms with Gasteiger partial charge in [0, 0.05) is 30.9 Å². The maximum Gasteiger partial charge on any atom is 0.356 e. The van der Waals surface area contributed by atoms with Crippen molar-refractivity contribution in [3.63, 3.8) is 0 Å². The van der Waals surface area contributed by atoms with Crippen LogP contribution in [0.25, 0.3) is 11.1 Å². The number of pyridine rings is 1. The van der Waals surface area contributed by atoms with Crippen LogP contribution < -0.4 is 4.90 Å². The van der Waals surface area contributed by atoms with E-state index in [0.717, 1.165) is 36.2 Å². The van der Waals surface area contributed by atoms with Gasteiger partial charge in [0.05, 0.1) is 7.11 Å². The highest BCUT2D eigenvalue weighted by atomic mass is 16.5. The molecule has 1 aromatic heterocycles. The number of carbonyl (C=O) groups is 2. The Bertz CT molecular complexity index is 753. The number of esters is 1. The topological polar surface area (TPSA) is 59.5 Å². The van der Waals surface area contributed by atoms with Gasteiger partial charge in [-0.25, -0.2) is 9.78 Å². The maximum absolute atomic E-state index is 11.7. The molecule has 0 saturated carbocycles. The minimum Gasteiger partial charge on any atom is -0.464 e. The summed E-state index contributed by atoms with van der Waals surface area (Å²) in [5.41, 5.74) is 4.41. The van der Waals surface area contributed by atoms with Gasteiger partial charge in [-0.2, -0.15) is 0 Å². The standard InChI is InChI=1S/C18H18N2O3/c1-12(21)20-9-3-4-14-10-13(6-8-17(14)20)15-5-7-16(19-11-15)18(22)23-2/h5-8,10-11H,3-4,9H2,1-2H3. The van der Waals surface area contributed by atoms with E-state index in [-0.39, 0.29) is 11.6 Å². The van der Waals surface area contributed by atoms with E-state index in [2.05, 4.69) is 15.8 Å². The Labute approximate surface area is 134 Å². The molecule has 2 aromatic rings. The molecule has 1 aliphatic rings. The number of methoxy groups -OCH3 is 1. The first-order valence-electron chi connectivity index (χ1n) is 7.56.